The summed E-state index contributed by atoms with van der Waals surface area (Å²) in [5, 5.41) is 2.26. The highest BCUT2D eigenvalue weighted by Gasteiger charge is 2.20. The molecule has 1 heterocycles. The maximum atomic E-state index is 6.25. The number of fused-ring (bicyclic) bond motifs is 3. The fraction of sp³-hybridized carbons (Fsp3) is 0. The second kappa shape index (κ2) is 14.9. The molecule has 0 atom stereocenters. The lowest BCUT2D eigenvalue weighted by atomic mass is 9.98. The Bertz CT molecular complexity index is 2900. The van der Waals surface area contributed by atoms with E-state index in [1.165, 1.54) is 11.1 Å². The Kier molecular flexibility index (Phi) is 8.86. The zero-order valence-corrected chi connectivity index (χ0v) is 31.2. The van der Waals surface area contributed by atoms with Gasteiger partial charge in [0.15, 0.2) is 0 Å². The van der Waals surface area contributed by atoms with Crippen molar-refractivity contribution in [1.29, 1.82) is 0 Å². The second-order valence-electron chi connectivity index (χ2n) is 14.1. The molecule has 0 saturated carbocycles. The zero-order valence-electron chi connectivity index (χ0n) is 31.2. The molecule has 0 aliphatic rings. The fourth-order valence-corrected chi connectivity index (χ4v) is 7.99. The van der Waals surface area contributed by atoms with E-state index >= 15 is 0 Å². The van der Waals surface area contributed by atoms with Gasteiger partial charge in [-0.2, -0.15) is 0 Å². The minimum Gasteiger partial charge on any atom is -0.456 e. The first-order valence-corrected chi connectivity index (χ1v) is 19.3. The highest BCUT2D eigenvalue weighted by Crippen LogP contribution is 2.44. The van der Waals surface area contributed by atoms with Crippen molar-refractivity contribution in [3.8, 4) is 33.4 Å². The van der Waals surface area contributed by atoms with Crippen LogP contribution in [0, 0.1) is 0 Å². The summed E-state index contributed by atoms with van der Waals surface area (Å²) in [6.45, 7) is 0. The minimum absolute atomic E-state index is 0.896. The van der Waals surface area contributed by atoms with Gasteiger partial charge in [-0.15, -0.1) is 0 Å². The van der Waals surface area contributed by atoms with Gasteiger partial charge in [0, 0.05) is 44.8 Å². The molecule has 10 rings (SSSR count). The largest absolute Gasteiger partial charge is 0.456 e. The van der Waals surface area contributed by atoms with Crippen LogP contribution in [-0.2, 0) is 0 Å². The van der Waals surface area contributed by atoms with E-state index in [1.54, 1.807) is 0 Å². The van der Waals surface area contributed by atoms with E-state index in [4.69, 9.17) is 4.42 Å². The molecule has 0 aliphatic carbocycles. The quantitative estimate of drug-likeness (QED) is 0.147. The molecular formula is C54H38N2O. The van der Waals surface area contributed by atoms with Gasteiger partial charge in [-0.1, -0.05) is 152 Å². The number of para-hydroxylation sites is 4. The van der Waals surface area contributed by atoms with Crippen molar-refractivity contribution in [3.05, 3.63) is 231 Å². The topological polar surface area (TPSA) is 19.6 Å². The average Bonchev–Trinajstić information content (AvgIpc) is 3.68. The molecule has 270 valence electrons. The van der Waals surface area contributed by atoms with E-state index in [1.807, 2.05) is 12.1 Å². The Hall–Kier alpha value is -7.62. The van der Waals surface area contributed by atoms with Gasteiger partial charge >= 0.3 is 0 Å². The summed E-state index contributed by atoms with van der Waals surface area (Å²) in [5.41, 5.74) is 15.2. The summed E-state index contributed by atoms with van der Waals surface area (Å²) < 4.78 is 6.25. The average molecular weight is 731 g/mol. The molecular weight excluding hydrogens is 693 g/mol. The standard InChI is InChI=1S/C54H38N2O/c1-4-16-39(17-5-1)40-30-34-45(35-31-40)56(46-36-32-41(33-37-46)49-26-15-29-53-54(49)50-25-11-13-28-52(50)57-53)51-27-12-10-24-48(51)42-18-14-23-47(38-42)55(43-19-6-2-7-20-43)44-21-8-3-9-22-44/h1-38H. The highest BCUT2D eigenvalue weighted by molar-refractivity contribution is 6.12. The lowest BCUT2D eigenvalue weighted by Crippen LogP contribution is -2.12. The Balaban J connectivity index is 1.10. The van der Waals surface area contributed by atoms with Crippen LogP contribution in [0.3, 0.4) is 0 Å². The third kappa shape index (κ3) is 6.52. The molecule has 0 aliphatic heterocycles. The first-order valence-electron chi connectivity index (χ1n) is 19.3. The maximum absolute atomic E-state index is 6.25. The van der Waals surface area contributed by atoms with Crippen molar-refractivity contribution in [2.24, 2.45) is 0 Å². The molecule has 10 aromatic rings. The van der Waals surface area contributed by atoms with E-state index in [2.05, 4.69) is 228 Å². The normalized spacial score (nSPS) is 11.2. The lowest BCUT2D eigenvalue weighted by molar-refractivity contribution is 0.669. The predicted octanol–water partition coefficient (Wildman–Crippen LogP) is 15.5. The SMILES string of the molecule is c1ccc(-c2ccc(N(c3ccc(-c4cccc5oc6ccccc6c45)cc3)c3ccccc3-c3cccc(N(c4ccccc4)c4ccccc4)c3)cc2)cc1. The van der Waals surface area contributed by atoms with Crippen LogP contribution in [-0.4, -0.2) is 0 Å². The van der Waals surface area contributed by atoms with Crippen LogP contribution in [0.15, 0.2) is 235 Å². The van der Waals surface area contributed by atoms with E-state index in [0.717, 1.165) is 78.3 Å². The molecule has 0 bridgehead atoms. The molecule has 0 radical (unpaired) electrons. The minimum atomic E-state index is 0.896. The Morgan fingerprint density at radius 2 is 0.754 bits per heavy atom. The molecule has 3 nitrogen and oxygen atoms in total. The monoisotopic (exact) mass is 730 g/mol. The molecule has 9 aromatic carbocycles. The Morgan fingerprint density at radius 1 is 0.281 bits per heavy atom. The Labute approximate surface area is 333 Å². The molecule has 57 heavy (non-hydrogen) atoms. The predicted molar refractivity (Wildman–Crippen MR) is 239 cm³/mol. The lowest BCUT2D eigenvalue weighted by Gasteiger charge is -2.29. The summed E-state index contributed by atoms with van der Waals surface area (Å²) in [5.74, 6) is 0. The van der Waals surface area contributed by atoms with Crippen molar-refractivity contribution in [2.45, 2.75) is 0 Å². The number of rotatable bonds is 9. The van der Waals surface area contributed by atoms with Crippen LogP contribution < -0.4 is 9.80 Å². The number of nitrogens with zero attached hydrogens (tertiary/aromatic N) is 2. The van der Waals surface area contributed by atoms with Gasteiger partial charge in [0.05, 0.1) is 5.69 Å². The smallest absolute Gasteiger partial charge is 0.136 e. The summed E-state index contributed by atoms with van der Waals surface area (Å²) in [6.07, 6.45) is 0. The van der Waals surface area contributed by atoms with E-state index in [0.29, 0.717) is 0 Å². The van der Waals surface area contributed by atoms with Gasteiger partial charge in [0.1, 0.15) is 11.2 Å². The summed E-state index contributed by atoms with van der Waals surface area (Å²) in [4.78, 5) is 4.69. The van der Waals surface area contributed by atoms with Crippen LogP contribution in [0.5, 0.6) is 0 Å². The van der Waals surface area contributed by atoms with E-state index < -0.39 is 0 Å². The maximum Gasteiger partial charge on any atom is 0.136 e. The molecule has 0 spiro atoms. The number of hydrogen-bond donors (Lipinski definition) is 0. The van der Waals surface area contributed by atoms with Gasteiger partial charge in [0.2, 0.25) is 0 Å². The van der Waals surface area contributed by atoms with Crippen LogP contribution in [0.25, 0.3) is 55.3 Å². The first-order chi connectivity index (χ1) is 28.3. The highest BCUT2D eigenvalue weighted by atomic mass is 16.3. The zero-order chi connectivity index (χ0) is 38.0. The van der Waals surface area contributed by atoms with Crippen LogP contribution in [0.4, 0.5) is 34.1 Å². The summed E-state index contributed by atoms with van der Waals surface area (Å²) >= 11 is 0. The molecule has 0 amide bonds. The van der Waals surface area contributed by atoms with Crippen LogP contribution in [0.2, 0.25) is 0 Å². The van der Waals surface area contributed by atoms with Gasteiger partial charge in [-0.05, 0) is 107 Å². The third-order valence-electron chi connectivity index (χ3n) is 10.7. The van der Waals surface area contributed by atoms with Gasteiger partial charge in [-0.3, -0.25) is 0 Å². The van der Waals surface area contributed by atoms with Gasteiger partial charge in [0.25, 0.3) is 0 Å². The molecule has 0 unspecified atom stereocenters. The summed E-state index contributed by atoms with van der Waals surface area (Å²) in [6, 6.07) is 81.7. The summed E-state index contributed by atoms with van der Waals surface area (Å²) in [7, 11) is 0. The molecule has 0 saturated heterocycles. The first kappa shape index (κ1) is 33.9. The fourth-order valence-electron chi connectivity index (χ4n) is 7.99. The van der Waals surface area contributed by atoms with Crippen molar-refractivity contribution < 1.29 is 4.42 Å². The van der Waals surface area contributed by atoms with Crippen molar-refractivity contribution in [2.75, 3.05) is 9.80 Å². The van der Waals surface area contributed by atoms with Crippen molar-refractivity contribution in [3.63, 3.8) is 0 Å². The van der Waals surface area contributed by atoms with Crippen LogP contribution >= 0.6 is 0 Å². The van der Waals surface area contributed by atoms with Gasteiger partial charge in [-0.25, -0.2) is 0 Å². The molecule has 0 fully saturated rings. The number of benzene rings is 9. The van der Waals surface area contributed by atoms with Crippen molar-refractivity contribution >= 4 is 56.1 Å². The number of furan rings is 1. The molecule has 0 N–H and O–H groups in total. The van der Waals surface area contributed by atoms with E-state index in [9.17, 15) is 0 Å². The van der Waals surface area contributed by atoms with Gasteiger partial charge < -0.3 is 14.2 Å². The van der Waals surface area contributed by atoms with Crippen LogP contribution in [0.1, 0.15) is 0 Å². The number of hydrogen-bond acceptors (Lipinski definition) is 3. The second-order valence-corrected chi connectivity index (χ2v) is 14.1. The Morgan fingerprint density at radius 3 is 1.46 bits per heavy atom. The van der Waals surface area contributed by atoms with Crippen molar-refractivity contribution in [1.82, 2.24) is 0 Å². The third-order valence-corrected chi connectivity index (χ3v) is 10.7. The number of anilines is 6. The van der Waals surface area contributed by atoms with E-state index in [-0.39, 0.29) is 0 Å². The molecule has 1 aromatic heterocycles. The molecule has 3 heteroatoms.